The average molecular weight is 243 g/mol. The zero-order chi connectivity index (χ0) is 12.8. The summed E-state index contributed by atoms with van der Waals surface area (Å²) in [7, 11) is 0. The summed E-state index contributed by atoms with van der Waals surface area (Å²) in [4.78, 5) is 4.46. The van der Waals surface area contributed by atoms with Gasteiger partial charge in [0.2, 0.25) is 0 Å². The maximum absolute atomic E-state index is 9.39. The molecule has 0 aliphatic rings. The van der Waals surface area contributed by atoms with E-state index in [1.807, 2.05) is 48.7 Å². The maximum Gasteiger partial charge on any atom is 0.156 e. The number of benzene rings is 2. The molecule has 0 aliphatic carbocycles. The Balaban J connectivity index is 2.42. The van der Waals surface area contributed by atoms with Gasteiger partial charge in [-0.1, -0.05) is 36.4 Å². The van der Waals surface area contributed by atoms with Crippen LogP contribution in [-0.4, -0.2) is 9.38 Å². The Morgan fingerprint density at radius 2 is 1.68 bits per heavy atom. The molecule has 0 amide bonds. The minimum Gasteiger partial charge on any atom is -0.293 e. The third-order valence-electron chi connectivity index (χ3n) is 3.47. The lowest BCUT2D eigenvalue weighted by molar-refractivity contribution is 1.23. The van der Waals surface area contributed by atoms with Crippen molar-refractivity contribution >= 4 is 27.5 Å². The molecular formula is C16H9N3. The van der Waals surface area contributed by atoms with Gasteiger partial charge >= 0.3 is 0 Å². The Bertz CT molecular complexity index is 974. The molecule has 0 atom stereocenters. The molecule has 0 radical (unpaired) electrons. The molecule has 3 heteroatoms. The fourth-order valence-electron chi connectivity index (χ4n) is 2.63. The van der Waals surface area contributed by atoms with E-state index in [1.54, 1.807) is 0 Å². The number of aromatic nitrogens is 2. The molecule has 88 valence electrons. The average Bonchev–Trinajstić information content (AvgIpc) is 2.81. The smallest absolute Gasteiger partial charge is 0.156 e. The number of nitrogens with zero attached hydrogens (tertiary/aromatic N) is 3. The summed E-state index contributed by atoms with van der Waals surface area (Å²) < 4.78 is 2.06. The van der Waals surface area contributed by atoms with E-state index in [2.05, 4.69) is 21.5 Å². The van der Waals surface area contributed by atoms with Gasteiger partial charge < -0.3 is 0 Å². The molecule has 0 fully saturated rings. The molecule has 2 heterocycles. The van der Waals surface area contributed by atoms with Gasteiger partial charge in [0.25, 0.3) is 0 Å². The fourth-order valence-corrected chi connectivity index (χ4v) is 2.63. The van der Waals surface area contributed by atoms with Crippen molar-refractivity contribution in [2.24, 2.45) is 0 Å². The lowest BCUT2D eigenvalue weighted by Crippen LogP contribution is -1.90. The van der Waals surface area contributed by atoms with Gasteiger partial charge in [-0.2, -0.15) is 5.26 Å². The van der Waals surface area contributed by atoms with Crippen LogP contribution < -0.4 is 0 Å². The van der Waals surface area contributed by atoms with Crippen LogP contribution in [0.3, 0.4) is 0 Å². The third-order valence-corrected chi connectivity index (χ3v) is 3.47. The highest BCUT2D eigenvalue weighted by atomic mass is 15.0. The quantitative estimate of drug-likeness (QED) is 0.474. The third kappa shape index (κ3) is 1.23. The fraction of sp³-hybridized carbons (Fsp3) is 0. The van der Waals surface area contributed by atoms with Gasteiger partial charge in [-0.05, 0) is 12.1 Å². The monoisotopic (exact) mass is 243 g/mol. The highest BCUT2D eigenvalue weighted by Gasteiger charge is 2.13. The van der Waals surface area contributed by atoms with Gasteiger partial charge in [0.1, 0.15) is 11.6 Å². The van der Waals surface area contributed by atoms with E-state index in [0.29, 0.717) is 5.56 Å². The van der Waals surface area contributed by atoms with Crippen molar-refractivity contribution in [3.63, 3.8) is 0 Å². The van der Waals surface area contributed by atoms with E-state index in [-0.39, 0.29) is 0 Å². The highest BCUT2D eigenvalue weighted by Crippen LogP contribution is 2.28. The second kappa shape index (κ2) is 3.56. The molecular weight excluding hydrogens is 234 g/mol. The summed E-state index contributed by atoms with van der Waals surface area (Å²) in [6.45, 7) is 0. The minimum atomic E-state index is 0.640. The van der Waals surface area contributed by atoms with Gasteiger partial charge in [-0.3, -0.25) is 4.40 Å². The van der Waals surface area contributed by atoms with E-state index in [1.165, 1.54) is 0 Å². The van der Waals surface area contributed by atoms with Crippen molar-refractivity contribution in [2.75, 3.05) is 0 Å². The standard InChI is InChI=1S/C16H9N3/c17-9-13-12-6-2-4-8-15(12)19-14-7-3-1-5-11(14)10-18-16(13)19/h1-8,10H. The topological polar surface area (TPSA) is 41.1 Å². The summed E-state index contributed by atoms with van der Waals surface area (Å²) >= 11 is 0. The van der Waals surface area contributed by atoms with Gasteiger partial charge in [0, 0.05) is 17.0 Å². The lowest BCUT2D eigenvalue weighted by atomic mass is 10.2. The van der Waals surface area contributed by atoms with Gasteiger partial charge in [0.15, 0.2) is 5.65 Å². The summed E-state index contributed by atoms with van der Waals surface area (Å²) in [5.41, 5.74) is 3.47. The molecule has 19 heavy (non-hydrogen) atoms. The molecule has 2 aromatic carbocycles. The van der Waals surface area contributed by atoms with Gasteiger partial charge in [-0.25, -0.2) is 4.98 Å². The first-order chi connectivity index (χ1) is 9.40. The molecule has 0 spiro atoms. The van der Waals surface area contributed by atoms with Crippen LogP contribution in [0, 0.1) is 11.3 Å². The molecule has 0 saturated heterocycles. The van der Waals surface area contributed by atoms with Crippen molar-refractivity contribution in [3.8, 4) is 6.07 Å². The molecule has 0 bridgehead atoms. The van der Waals surface area contributed by atoms with E-state index in [0.717, 1.165) is 27.5 Å². The largest absolute Gasteiger partial charge is 0.293 e. The van der Waals surface area contributed by atoms with Gasteiger partial charge in [-0.15, -0.1) is 0 Å². The number of hydrogen-bond donors (Lipinski definition) is 0. The lowest BCUT2D eigenvalue weighted by Gasteiger charge is -2.02. The predicted octanol–water partition coefficient (Wildman–Crippen LogP) is 3.51. The summed E-state index contributed by atoms with van der Waals surface area (Å²) in [5, 5.41) is 11.4. The summed E-state index contributed by atoms with van der Waals surface area (Å²) in [6, 6.07) is 18.3. The second-order valence-electron chi connectivity index (χ2n) is 4.48. The Kier molecular flexibility index (Phi) is 1.89. The Morgan fingerprint density at radius 1 is 0.947 bits per heavy atom. The number of nitriles is 1. The molecule has 4 aromatic rings. The van der Waals surface area contributed by atoms with Crippen LogP contribution in [0.4, 0.5) is 0 Å². The normalized spacial score (nSPS) is 11.1. The van der Waals surface area contributed by atoms with Crippen LogP contribution in [0.1, 0.15) is 5.56 Å². The van der Waals surface area contributed by atoms with Crippen molar-refractivity contribution in [2.45, 2.75) is 0 Å². The molecule has 3 nitrogen and oxygen atoms in total. The van der Waals surface area contributed by atoms with Gasteiger partial charge in [0.05, 0.1) is 11.0 Å². The molecule has 4 rings (SSSR count). The number of hydrogen-bond acceptors (Lipinski definition) is 2. The van der Waals surface area contributed by atoms with E-state index < -0.39 is 0 Å². The molecule has 0 N–H and O–H groups in total. The summed E-state index contributed by atoms with van der Waals surface area (Å²) in [6.07, 6.45) is 1.82. The molecule has 0 aliphatic heterocycles. The predicted molar refractivity (Wildman–Crippen MR) is 74.9 cm³/mol. The Labute approximate surface area is 109 Å². The van der Waals surface area contributed by atoms with Crippen molar-refractivity contribution in [3.05, 3.63) is 60.3 Å². The molecule has 2 aromatic heterocycles. The molecule has 0 saturated carbocycles. The highest BCUT2D eigenvalue weighted by molar-refractivity contribution is 5.98. The number of fused-ring (bicyclic) bond motifs is 5. The van der Waals surface area contributed by atoms with Crippen molar-refractivity contribution in [1.82, 2.24) is 9.38 Å². The van der Waals surface area contributed by atoms with Crippen LogP contribution in [0.25, 0.3) is 27.5 Å². The maximum atomic E-state index is 9.39. The molecule has 0 unspecified atom stereocenters. The SMILES string of the molecule is N#Cc1c2ccccc2n2c1ncc1ccccc12. The first kappa shape index (κ1) is 10.1. The van der Waals surface area contributed by atoms with Crippen LogP contribution in [0.5, 0.6) is 0 Å². The number of para-hydroxylation sites is 2. The van der Waals surface area contributed by atoms with E-state index in [4.69, 9.17) is 0 Å². The Hall–Kier alpha value is -2.86. The van der Waals surface area contributed by atoms with Crippen molar-refractivity contribution in [1.29, 1.82) is 5.26 Å². The van der Waals surface area contributed by atoms with E-state index >= 15 is 0 Å². The zero-order valence-corrected chi connectivity index (χ0v) is 10.0. The Morgan fingerprint density at radius 3 is 2.53 bits per heavy atom. The minimum absolute atomic E-state index is 0.640. The first-order valence-corrected chi connectivity index (χ1v) is 6.07. The first-order valence-electron chi connectivity index (χ1n) is 6.07. The number of rotatable bonds is 0. The second-order valence-corrected chi connectivity index (χ2v) is 4.48. The van der Waals surface area contributed by atoms with Crippen molar-refractivity contribution < 1.29 is 0 Å². The van der Waals surface area contributed by atoms with Crippen LogP contribution in [0.15, 0.2) is 54.7 Å². The summed E-state index contributed by atoms with van der Waals surface area (Å²) in [5.74, 6) is 0. The van der Waals surface area contributed by atoms with Crippen LogP contribution in [0.2, 0.25) is 0 Å². The van der Waals surface area contributed by atoms with Crippen LogP contribution >= 0.6 is 0 Å². The van der Waals surface area contributed by atoms with Crippen LogP contribution in [-0.2, 0) is 0 Å². The zero-order valence-electron chi connectivity index (χ0n) is 10.0. The van der Waals surface area contributed by atoms with E-state index in [9.17, 15) is 5.26 Å².